The molecule has 0 aromatic heterocycles. The van der Waals surface area contributed by atoms with Crippen LogP contribution in [0, 0.1) is 28.6 Å². The lowest BCUT2D eigenvalue weighted by Gasteiger charge is -2.42. The van der Waals surface area contributed by atoms with E-state index in [4.69, 9.17) is 0 Å². The van der Waals surface area contributed by atoms with Crippen LogP contribution in [0.4, 0.5) is 0 Å². The van der Waals surface area contributed by atoms with Crippen LogP contribution in [0.1, 0.15) is 89.0 Å². The molecule has 0 radical (unpaired) electrons. The van der Waals surface area contributed by atoms with Crippen LogP contribution in [0.5, 0.6) is 0 Å². The first-order valence-corrected chi connectivity index (χ1v) is 8.93. The lowest BCUT2D eigenvalue weighted by molar-refractivity contribution is 0.0937. The maximum absolute atomic E-state index is 3.82. The fraction of sp³-hybridized carbons (Fsp3) is 1.00. The fourth-order valence-electron chi connectivity index (χ4n) is 3.93. The van der Waals surface area contributed by atoms with Gasteiger partial charge in [-0.05, 0) is 55.3 Å². The van der Waals surface area contributed by atoms with Crippen molar-refractivity contribution in [1.29, 1.82) is 0 Å². The zero-order valence-corrected chi connectivity index (χ0v) is 16.9. The summed E-state index contributed by atoms with van der Waals surface area (Å²) in [6.45, 7) is 27.2. The Hall–Kier alpha value is -0.0400. The summed E-state index contributed by atoms with van der Waals surface area (Å²) < 4.78 is 0. The van der Waals surface area contributed by atoms with Gasteiger partial charge in [0.15, 0.2) is 0 Å². The van der Waals surface area contributed by atoms with Crippen molar-refractivity contribution < 1.29 is 0 Å². The fourth-order valence-corrected chi connectivity index (χ4v) is 3.93. The van der Waals surface area contributed by atoms with E-state index < -0.39 is 0 Å². The third-order valence-electron chi connectivity index (χ3n) is 5.13. The van der Waals surface area contributed by atoms with Gasteiger partial charge in [-0.25, -0.2) is 0 Å². The molecule has 0 aromatic rings. The van der Waals surface area contributed by atoms with E-state index in [1.165, 1.54) is 12.8 Å². The summed E-state index contributed by atoms with van der Waals surface area (Å²) in [5.74, 6) is 2.25. The second-order valence-corrected chi connectivity index (χ2v) is 10.2. The summed E-state index contributed by atoms with van der Waals surface area (Å²) in [5, 5.41) is 3.82. The summed E-state index contributed by atoms with van der Waals surface area (Å²) in [5.41, 5.74) is 0.960. The van der Waals surface area contributed by atoms with Crippen LogP contribution in [-0.2, 0) is 0 Å². The van der Waals surface area contributed by atoms with Crippen LogP contribution in [0.2, 0.25) is 0 Å². The van der Waals surface area contributed by atoms with Crippen molar-refractivity contribution in [2.75, 3.05) is 6.54 Å². The Kier molecular flexibility index (Phi) is 7.47. The smallest absolute Gasteiger partial charge is 0.0127 e. The molecular formula is C20H43N. The topological polar surface area (TPSA) is 12.0 Å². The maximum atomic E-state index is 3.82. The largest absolute Gasteiger partial charge is 0.311 e. The van der Waals surface area contributed by atoms with Gasteiger partial charge in [0.25, 0.3) is 0 Å². The highest BCUT2D eigenvalue weighted by atomic mass is 15.0. The Morgan fingerprint density at radius 3 is 1.67 bits per heavy atom. The predicted molar refractivity (Wildman–Crippen MR) is 97.7 cm³/mol. The van der Waals surface area contributed by atoms with Gasteiger partial charge in [-0.3, -0.25) is 0 Å². The molecule has 0 saturated heterocycles. The SMILES string of the molecule is CC(C)CC(C)(C)NCC(C)(C)CC(C)(C)C(C)C(C)C. The molecule has 128 valence electrons. The highest BCUT2D eigenvalue weighted by Crippen LogP contribution is 2.42. The van der Waals surface area contributed by atoms with Gasteiger partial charge in [0, 0.05) is 12.1 Å². The first-order chi connectivity index (χ1) is 9.18. The molecule has 0 spiro atoms. The Morgan fingerprint density at radius 1 is 0.810 bits per heavy atom. The van der Waals surface area contributed by atoms with E-state index in [-0.39, 0.29) is 5.54 Å². The molecular weight excluding hydrogens is 254 g/mol. The molecule has 0 aliphatic rings. The van der Waals surface area contributed by atoms with Crippen molar-refractivity contribution in [2.24, 2.45) is 28.6 Å². The van der Waals surface area contributed by atoms with E-state index in [2.05, 4.69) is 81.5 Å². The Balaban J connectivity index is 4.63. The normalized spacial score (nSPS) is 15.9. The summed E-state index contributed by atoms with van der Waals surface area (Å²) in [6.07, 6.45) is 2.50. The van der Waals surface area contributed by atoms with Crippen molar-refractivity contribution in [1.82, 2.24) is 5.32 Å². The quantitative estimate of drug-likeness (QED) is 0.539. The Morgan fingerprint density at radius 2 is 1.29 bits per heavy atom. The molecule has 0 fully saturated rings. The maximum Gasteiger partial charge on any atom is 0.0127 e. The molecule has 0 bridgehead atoms. The molecule has 1 unspecified atom stereocenters. The van der Waals surface area contributed by atoms with Crippen molar-refractivity contribution in [3.05, 3.63) is 0 Å². The summed E-state index contributed by atoms with van der Waals surface area (Å²) in [4.78, 5) is 0. The lowest BCUT2D eigenvalue weighted by Crippen LogP contribution is -2.46. The van der Waals surface area contributed by atoms with Gasteiger partial charge in [0.05, 0.1) is 0 Å². The van der Waals surface area contributed by atoms with E-state index in [9.17, 15) is 0 Å². The van der Waals surface area contributed by atoms with E-state index >= 15 is 0 Å². The van der Waals surface area contributed by atoms with Crippen LogP contribution >= 0.6 is 0 Å². The second kappa shape index (κ2) is 7.49. The highest BCUT2D eigenvalue weighted by molar-refractivity contribution is 4.88. The Labute approximate surface area is 135 Å². The Bertz CT molecular complexity index is 297. The predicted octanol–water partition coefficient (Wildman–Crippen LogP) is 6.14. The van der Waals surface area contributed by atoms with Crippen LogP contribution in [0.3, 0.4) is 0 Å². The van der Waals surface area contributed by atoms with E-state index in [0.717, 1.165) is 24.3 Å². The third-order valence-corrected chi connectivity index (χ3v) is 5.13. The van der Waals surface area contributed by atoms with Crippen LogP contribution in [0.25, 0.3) is 0 Å². The molecule has 0 saturated carbocycles. The minimum atomic E-state index is 0.235. The molecule has 1 atom stereocenters. The molecule has 0 amide bonds. The highest BCUT2D eigenvalue weighted by Gasteiger charge is 2.35. The molecule has 1 N–H and O–H groups in total. The van der Waals surface area contributed by atoms with Crippen molar-refractivity contribution >= 4 is 0 Å². The summed E-state index contributed by atoms with van der Waals surface area (Å²) in [7, 11) is 0. The average Bonchev–Trinajstić information content (AvgIpc) is 2.22. The van der Waals surface area contributed by atoms with Crippen molar-refractivity contribution in [3.8, 4) is 0 Å². The monoisotopic (exact) mass is 297 g/mol. The van der Waals surface area contributed by atoms with Crippen LogP contribution < -0.4 is 5.32 Å². The van der Waals surface area contributed by atoms with Gasteiger partial charge < -0.3 is 5.32 Å². The van der Waals surface area contributed by atoms with Crippen molar-refractivity contribution in [3.63, 3.8) is 0 Å². The first-order valence-electron chi connectivity index (χ1n) is 8.93. The standard InChI is InChI=1S/C20H43N/c1-15(2)12-20(10,11)21-14-18(6,7)13-19(8,9)17(5)16(3)4/h15-17,21H,12-14H2,1-11H3. The molecule has 0 rings (SSSR count). The van der Waals surface area contributed by atoms with Gasteiger partial charge in [-0.15, -0.1) is 0 Å². The zero-order valence-electron chi connectivity index (χ0n) is 16.9. The van der Waals surface area contributed by atoms with Crippen LogP contribution in [0.15, 0.2) is 0 Å². The number of hydrogen-bond acceptors (Lipinski definition) is 1. The number of hydrogen-bond donors (Lipinski definition) is 1. The first kappa shape index (κ1) is 21.0. The van der Waals surface area contributed by atoms with Gasteiger partial charge in [-0.2, -0.15) is 0 Å². The molecule has 1 heteroatoms. The van der Waals surface area contributed by atoms with E-state index in [1.807, 2.05) is 0 Å². The van der Waals surface area contributed by atoms with Gasteiger partial charge in [-0.1, -0.05) is 62.3 Å². The molecule has 0 aromatic carbocycles. The van der Waals surface area contributed by atoms with Crippen molar-refractivity contribution in [2.45, 2.75) is 94.5 Å². The minimum absolute atomic E-state index is 0.235. The lowest BCUT2D eigenvalue weighted by atomic mass is 9.65. The molecule has 0 aliphatic heterocycles. The molecule has 1 nitrogen and oxygen atoms in total. The van der Waals surface area contributed by atoms with Gasteiger partial charge in [0.2, 0.25) is 0 Å². The molecule has 0 aliphatic carbocycles. The second-order valence-electron chi connectivity index (χ2n) is 10.2. The number of rotatable bonds is 9. The minimum Gasteiger partial charge on any atom is -0.311 e. The van der Waals surface area contributed by atoms with E-state index in [1.54, 1.807) is 0 Å². The molecule has 21 heavy (non-hydrogen) atoms. The number of nitrogens with one attached hydrogen (secondary N) is 1. The van der Waals surface area contributed by atoms with Crippen LogP contribution in [-0.4, -0.2) is 12.1 Å². The summed E-state index contributed by atoms with van der Waals surface area (Å²) >= 11 is 0. The average molecular weight is 298 g/mol. The van der Waals surface area contributed by atoms with E-state index in [0.29, 0.717) is 10.8 Å². The van der Waals surface area contributed by atoms with Gasteiger partial charge in [0.1, 0.15) is 0 Å². The molecule has 0 heterocycles. The zero-order chi connectivity index (χ0) is 17.1. The van der Waals surface area contributed by atoms with Gasteiger partial charge >= 0.3 is 0 Å². The third kappa shape index (κ3) is 8.24. The summed E-state index contributed by atoms with van der Waals surface area (Å²) in [6, 6.07) is 0.